The van der Waals surface area contributed by atoms with Crippen LogP contribution >= 0.6 is 23.2 Å². The Hall–Kier alpha value is -3.58. The van der Waals surface area contributed by atoms with Gasteiger partial charge in [-0.05, 0) is 48.0 Å². The number of benzene rings is 3. The van der Waals surface area contributed by atoms with E-state index < -0.39 is 18.1 Å². The van der Waals surface area contributed by atoms with E-state index in [4.69, 9.17) is 32.5 Å². The molecule has 4 aromatic rings. The lowest BCUT2D eigenvalue weighted by atomic mass is 9.94. The van der Waals surface area contributed by atoms with Gasteiger partial charge in [-0.1, -0.05) is 71.7 Å². The highest BCUT2D eigenvalue weighted by Gasteiger charge is 2.60. The topological polar surface area (TPSA) is 63.0 Å². The van der Waals surface area contributed by atoms with Crippen LogP contribution in [0.1, 0.15) is 17.4 Å². The van der Waals surface area contributed by atoms with Gasteiger partial charge in [0, 0.05) is 10.6 Å². The Morgan fingerprint density at radius 1 is 0.806 bits per heavy atom. The molecule has 0 bridgehead atoms. The number of amides is 2. The molecule has 2 saturated heterocycles. The summed E-state index contributed by atoms with van der Waals surface area (Å²) in [7, 11) is 0. The van der Waals surface area contributed by atoms with Crippen LogP contribution in [0.4, 0.5) is 5.69 Å². The molecule has 6 nitrogen and oxygen atoms in total. The maximum Gasteiger partial charge on any atom is 0.262 e. The van der Waals surface area contributed by atoms with Crippen LogP contribution in [0.25, 0.3) is 11.3 Å². The summed E-state index contributed by atoms with van der Waals surface area (Å²) in [5.41, 5.74) is 2.26. The molecule has 0 unspecified atom stereocenters. The van der Waals surface area contributed by atoms with Crippen molar-refractivity contribution in [3.05, 3.63) is 112 Å². The molecule has 0 radical (unpaired) electrons. The van der Waals surface area contributed by atoms with Gasteiger partial charge in [-0.25, -0.2) is 5.06 Å². The summed E-state index contributed by atoms with van der Waals surface area (Å²) >= 11 is 12.5. The maximum absolute atomic E-state index is 13.7. The van der Waals surface area contributed by atoms with Crippen molar-refractivity contribution in [3.8, 4) is 11.3 Å². The Morgan fingerprint density at radius 3 is 2.25 bits per heavy atom. The summed E-state index contributed by atoms with van der Waals surface area (Å²) in [6, 6.07) is 26.9. The maximum atomic E-state index is 13.7. The molecule has 0 aliphatic carbocycles. The lowest BCUT2D eigenvalue weighted by molar-refractivity contribution is -0.143. The van der Waals surface area contributed by atoms with E-state index in [1.165, 1.54) is 4.90 Å². The molecule has 6 rings (SSSR count). The fraction of sp³-hybridized carbons (Fsp3) is 0.143. The minimum Gasteiger partial charge on any atom is -0.459 e. The second kappa shape index (κ2) is 9.13. The minimum atomic E-state index is -0.945. The number of hydrogen-bond donors (Lipinski definition) is 0. The number of halogens is 2. The van der Waals surface area contributed by atoms with Crippen molar-refractivity contribution in [2.24, 2.45) is 5.92 Å². The summed E-state index contributed by atoms with van der Waals surface area (Å²) in [6.07, 6.45) is -0.945. The molecule has 2 aliphatic heterocycles. The summed E-state index contributed by atoms with van der Waals surface area (Å²) in [5.74, 6) is -0.387. The molecule has 0 spiro atoms. The molecule has 0 saturated carbocycles. The Bertz CT molecular complexity index is 1440. The zero-order chi connectivity index (χ0) is 24.8. The van der Waals surface area contributed by atoms with E-state index in [0.717, 1.165) is 11.3 Å². The number of imide groups is 1. The van der Waals surface area contributed by atoms with Crippen LogP contribution in [0.3, 0.4) is 0 Å². The molecule has 0 N–H and O–H groups in total. The van der Waals surface area contributed by atoms with Gasteiger partial charge in [0.2, 0.25) is 5.91 Å². The molecule has 2 amide bonds. The van der Waals surface area contributed by atoms with Crippen LogP contribution in [0, 0.1) is 5.92 Å². The second-order valence-electron chi connectivity index (χ2n) is 8.73. The van der Waals surface area contributed by atoms with Crippen LogP contribution in [0.2, 0.25) is 10.0 Å². The fourth-order valence-electron chi connectivity index (χ4n) is 4.83. The molecule has 2 fully saturated rings. The number of carbonyl (C=O) groups is 2. The molecule has 3 atom stereocenters. The molecule has 36 heavy (non-hydrogen) atoms. The summed E-state index contributed by atoms with van der Waals surface area (Å²) in [6.45, 7) is 0.191. The molecule has 8 heteroatoms. The third-order valence-corrected chi connectivity index (χ3v) is 7.06. The SMILES string of the molecule is O=C1[C@H]2[C@H](ON(c3ccccc3)[C@H]2c2ccc(-c3ccc(Cl)cc3Cl)o2)C(=O)N1Cc1ccccc1. The highest BCUT2D eigenvalue weighted by atomic mass is 35.5. The molecule has 2 aliphatic rings. The Kier molecular flexibility index (Phi) is 5.80. The van der Waals surface area contributed by atoms with Crippen molar-refractivity contribution in [3.63, 3.8) is 0 Å². The standard InChI is InChI=1S/C28H20Cl2N2O4/c29-18-11-12-20(21(30)15-18)22-13-14-23(35-22)25-24-26(36-32(25)19-9-5-2-6-10-19)28(34)31(27(24)33)16-17-7-3-1-4-8-17/h1-15,24-26H,16H2/t24-,25+,26+/m1/s1. The number of hydrogen-bond acceptors (Lipinski definition) is 5. The number of carbonyl (C=O) groups excluding carboxylic acids is 2. The lowest BCUT2D eigenvalue weighted by Crippen LogP contribution is -2.36. The average Bonchev–Trinajstić information content (AvgIpc) is 3.57. The average molecular weight is 519 g/mol. The van der Waals surface area contributed by atoms with E-state index in [0.29, 0.717) is 27.1 Å². The van der Waals surface area contributed by atoms with Crippen LogP contribution in [-0.4, -0.2) is 22.8 Å². The molecular formula is C28H20Cl2N2O4. The van der Waals surface area contributed by atoms with E-state index in [1.807, 2.05) is 60.7 Å². The predicted octanol–water partition coefficient (Wildman–Crippen LogP) is 6.30. The Morgan fingerprint density at radius 2 is 1.53 bits per heavy atom. The third-order valence-electron chi connectivity index (χ3n) is 6.52. The first-order valence-corrected chi connectivity index (χ1v) is 12.2. The molecule has 1 aromatic heterocycles. The van der Waals surface area contributed by atoms with Gasteiger partial charge in [-0.3, -0.25) is 19.3 Å². The van der Waals surface area contributed by atoms with Crippen molar-refractivity contribution in [2.45, 2.75) is 18.7 Å². The van der Waals surface area contributed by atoms with Gasteiger partial charge in [0.1, 0.15) is 23.5 Å². The van der Waals surface area contributed by atoms with E-state index in [9.17, 15) is 9.59 Å². The molecule has 3 heterocycles. The zero-order valence-electron chi connectivity index (χ0n) is 18.9. The molecule has 180 valence electrons. The van der Waals surface area contributed by atoms with Gasteiger partial charge >= 0.3 is 0 Å². The predicted molar refractivity (Wildman–Crippen MR) is 136 cm³/mol. The van der Waals surface area contributed by atoms with Gasteiger partial charge in [-0.15, -0.1) is 0 Å². The third kappa shape index (κ3) is 3.88. The number of furan rings is 1. The Balaban J connectivity index is 1.38. The second-order valence-corrected chi connectivity index (χ2v) is 9.58. The van der Waals surface area contributed by atoms with Gasteiger partial charge in [0.25, 0.3) is 5.91 Å². The van der Waals surface area contributed by atoms with E-state index in [1.54, 1.807) is 35.4 Å². The number of hydroxylamine groups is 1. The highest BCUT2D eigenvalue weighted by Crippen LogP contribution is 2.48. The van der Waals surface area contributed by atoms with Crippen molar-refractivity contribution in [2.75, 3.05) is 5.06 Å². The smallest absolute Gasteiger partial charge is 0.262 e. The number of rotatable bonds is 5. The van der Waals surface area contributed by atoms with Crippen LogP contribution in [-0.2, 0) is 21.0 Å². The van der Waals surface area contributed by atoms with E-state index >= 15 is 0 Å². The van der Waals surface area contributed by atoms with Gasteiger partial charge < -0.3 is 4.42 Å². The lowest BCUT2D eigenvalue weighted by Gasteiger charge is -2.27. The van der Waals surface area contributed by atoms with E-state index in [2.05, 4.69) is 0 Å². The molecular weight excluding hydrogens is 499 g/mol. The number of anilines is 1. The minimum absolute atomic E-state index is 0.191. The normalized spacial score (nSPS) is 21.3. The molecule has 3 aromatic carbocycles. The van der Waals surface area contributed by atoms with Crippen molar-refractivity contribution in [1.29, 1.82) is 0 Å². The first-order chi connectivity index (χ1) is 17.5. The first kappa shape index (κ1) is 22.9. The number of fused-ring (bicyclic) bond motifs is 1. The van der Waals surface area contributed by atoms with E-state index in [-0.39, 0.29) is 18.4 Å². The number of para-hydroxylation sites is 1. The first-order valence-electron chi connectivity index (χ1n) is 11.5. The van der Waals surface area contributed by atoms with Crippen molar-refractivity contribution in [1.82, 2.24) is 4.90 Å². The quantitative estimate of drug-likeness (QED) is 0.290. The van der Waals surface area contributed by atoms with Crippen LogP contribution in [0.5, 0.6) is 0 Å². The highest BCUT2D eigenvalue weighted by molar-refractivity contribution is 6.36. The fourth-order valence-corrected chi connectivity index (χ4v) is 5.33. The number of nitrogens with zero attached hydrogens (tertiary/aromatic N) is 2. The Labute approximate surface area is 217 Å². The van der Waals surface area contributed by atoms with Crippen LogP contribution in [0.15, 0.2) is 95.4 Å². The van der Waals surface area contributed by atoms with Crippen LogP contribution < -0.4 is 5.06 Å². The largest absolute Gasteiger partial charge is 0.459 e. The monoisotopic (exact) mass is 518 g/mol. The van der Waals surface area contributed by atoms with Gasteiger partial charge in [-0.2, -0.15) is 0 Å². The zero-order valence-corrected chi connectivity index (χ0v) is 20.4. The summed E-state index contributed by atoms with van der Waals surface area (Å²) in [5, 5.41) is 2.58. The number of likely N-dealkylation sites (tertiary alicyclic amines) is 1. The van der Waals surface area contributed by atoms with Gasteiger partial charge in [0.15, 0.2) is 6.10 Å². The van der Waals surface area contributed by atoms with Crippen molar-refractivity contribution >= 4 is 40.7 Å². The van der Waals surface area contributed by atoms with Crippen molar-refractivity contribution < 1.29 is 18.8 Å². The summed E-state index contributed by atoms with van der Waals surface area (Å²) < 4.78 is 6.24. The summed E-state index contributed by atoms with van der Waals surface area (Å²) in [4.78, 5) is 34.4. The van der Waals surface area contributed by atoms with Gasteiger partial charge in [0.05, 0.1) is 17.3 Å².